The van der Waals surface area contributed by atoms with Gasteiger partial charge in [-0.25, -0.2) is 0 Å². The Hall–Kier alpha value is 1.62. The van der Waals surface area contributed by atoms with Crippen molar-refractivity contribution in [2.75, 3.05) is 0 Å². The van der Waals surface area contributed by atoms with Crippen LogP contribution in [0.5, 0.6) is 0 Å². The van der Waals surface area contributed by atoms with Gasteiger partial charge in [-0.3, -0.25) is 0 Å². The van der Waals surface area contributed by atoms with Gasteiger partial charge in [0.15, 0.2) is 0 Å². The molecule has 0 unspecified atom stereocenters. The van der Waals surface area contributed by atoms with Crippen LogP contribution in [0.4, 0.5) is 0 Å². The molecule has 7 heavy (non-hydrogen) atoms. The third kappa shape index (κ3) is 92.0. The summed E-state index contributed by atoms with van der Waals surface area (Å²) in [6, 6.07) is 0. The van der Waals surface area contributed by atoms with E-state index in [0.29, 0.717) is 0 Å². The second-order valence-electron chi connectivity index (χ2n) is 0.447. The Kier molecular flexibility index (Phi) is 13.0. The average molecular weight is 249 g/mol. The fourth-order valence-electron chi connectivity index (χ4n) is 0. The van der Waals surface area contributed by atoms with E-state index >= 15 is 0 Å². The first-order valence-corrected chi connectivity index (χ1v) is 4.90. The normalized spacial score (nSPS) is 8.43. The molecule has 0 spiro atoms. The van der Waals surface area contributed by atoms with Crippen molar-refractivity contribution < 1.29 is 49.1 Å². The van der Waals surface area contributed by atoms with E-state index < -0.39 is 20.1 Å². The Morgan fingerprint density at radius 1 is 1.14 bits per heavy atom. The second-order valence-corrected chi connectivity index (χ2v) is 3.00. The van der Waals surface area contributed by atoms with Crippen molar-refractivity contribution in [3.63, 3.8) is 0 Å². The summed E-state index contributed by atoms with van der Waals surface area (Å²) < 4.78 is 34.6. The van der Waals surface area contributed by atoms with Crippen molar-refractivity contribution in [3.8, 4) is 0 Å². The van der Waals surface area contributed by atoms with Crippen LogP contribution in [0.2, 0.25) is 0 Å². The molecule has 38 valence electrons. The Balaban J connectivity index is -0.0000000800. The molecule has 0 aliphatic rings. The SMILES string of the molecule is [Fe+2].[Li+].[O]=[Sb]([O-])([O-])[O-]. The summed E-state index contributed by atoms with van der Waals surface area (Å²) in [7, 11) is 0. The molecule has 0 aromatic carbocycles. The van der Waals surface area contributed by atoms with Crippen LogP contribution in [-0.2, 0) is 20.1 Å². The Morgan fingerprint density at radius 3 is 1.14 bits per heavy atom. The first-order valence-electron chi connectivity index (χ1n) is 0.730. The molecule has 0 aromatic heterocycles. The monoisotopic (exact) mass is 248 g/mol. The van der Waals surface area contributed by atoms with E-state index in [9.17, 15) is 0 Å². The van der Waals surface area contributed by atoms with E-state index in [-0.39, 0.29) is 35.9 Å². The van der Waals surface area contributed by atoms with Gasteiger partial charge >= 0.3 is 69.2 Å². The standard InChI is InChI=1S/Fe.Li.4O.Sb/q+2;+1;;3*-1;. The van der Waals surface area contributed by atoms with Gasteiger partial charge in [0.2, 0.25) is 0 Å². The van der Waals surface area contributed by atoms with Gasteiger partial charge < -0.3 is 0 Å². The summed E-state index contributed by atoms with van der Waals surface area (Å²) in [5.74, 6) is 0. The van der Waals surface area contributed by atoms with Crippen LogP contribution in [0, 0.1) is 0 Å². The minimum absolute atomic E-state index is 0. The van der Waals surface area contributed by atoms with Gasteiger partial charge in [0.05, 0.1) is 0 Å². The van der Waals surface area contributed by atoms with E-state index in [0.717, 1.165) is 0 Å². The van der Waals surface area contributed by atoms with Gasteiger partial charge in [0.25, 0.3) is 0 Å². The molecule has 0 aliphatic heterocycles. The zero-order valence-corrected chi connectivity index (χ0v) is 7.09. The molecule has 0 bridgehead atoms. The molecule has 0 aromatic rings. The van der Waals surface area contributed by atoms with Gasteiger partial charge in [-0.15, -0.1) is 0 Å². The molecule has 0 amide bonds. The van der Waals surface area contributed by atoms with E-state index in [1.165, 1.54) is 0 Å². The number of hydrogen-bond acceptors (Lipinski definition) is 4. The molecule has 0 fully saturated rings. The average Bonchev–Trinajstić information content (AvgIpc) is 0.722. The zero-order chi connectivity index (χ0) is 4.50. The van der Waals surface area contributed by atoms with E-state index in [1.54, 1.807) is 0 Å². The summed E-state index contributed by atoms with van der Waals surface area (Å²) in [5, 5.41) is 0. The maximum absolute atomic E-state index is 8.64. The molecular weight excluding hydrogens is 249 g/mol. The second kappa shape index (κ2) is 5.75. The van der Waals surface area contributed by atoms with Crippen LogP contribution in [-0.4, -0.2) is 20.1 Å². The fourth-order valence-corrected chi connectivity index (χ4v) is 0. The number of hydrogen-bond donors (Lipinski definition) is 0. The van der Waals surface area contributed by atoms with Gasteiger partial charge in [0, 0.05) is 0 Å². The van der Waals surface area contributed by atoms with Crippen molar-refractivity contribution in [1.29, 1.82) is 0 Å². The van der Waals surface area contributed by atoms with E-state index in [1.807, 2.05) is 0 Å². The minimum atomic E-state index is -6.10. The summed E-state index contributed by atoms with van der Waals surface area (Å²) >= 11 is -6.10. The molecule has 0 radical (unpaired) electrons. The summed E-state index contributed by atoms with van der Waals surface area (Å²) in [4.78, 5) is 0. The topological polar surface area (TPSA) is 86.2 Å². The summed E-state index contributed by atoms with van der Waals surface area (Å²) in [5.41, 5.74) is 0. The van der Waals surface area contributed by atoms with Crippen LogP contribution in [0.1, 0.15) is 0 Å². The van der Waals surface area contributed by atoms with Crippen molar-refractivity contribution in [3.05, 3.63) is 0 Å². The van der Waals surface area contributed by atoms with Gasteiger partial charge in [0.1, 0.15) is 0 Å². The van der Waals surface area contributed by atoms with Gasteiger partial charge in [-0.2, -0.15) is 0 Å². The molecule has 0 saturated carbocycles. The van der Waals surface area contributed by atoms with Crippen molar-refractivity contribution >= 4 is 20.1 Å². The van der Waals surface area contributed by atoms with Crippen molar-refractivity contribution in [1.82, 2.24) is 0 Å². The first-order chi connectivity index (χ1) is 2.00. The third-order valence-electron chi connectivity index (χ3n) is 0. The Bertz CT molecular complexity index is 57.8. The van der Waals surface area contributed by atoms with Gasteiger partial charge in [-0.1, -0.05) is 0 Å². The molecular formula is FeLiO4Sb. The molecule has 7 heteroatoms. The van der Waals surface area contributed by atoms with Crippen LogP contribution in [0.25, 0.3) is 0 Å². The zero-order valence-electron chi connectivity index (χ0n) is 3.43. The summed E-state index contributed by atoms with van der Waals surface area (Å²) in [6.45, 7) is 0. The van der Waals surface area contributed by atoms with E-state index in [2.05, 4.69) is 0 Å². The maximum atomic E-state index is 8.64. The van der Waals surface area contributed by atoms with Gasteiger partial charge in [-0.05, 0) is 0 Å². The fraction of sp³-hybridized carbons (Fsp3) is 0. The van der Waals surface area contributed by atoms with E-state index in [4.69, 9.17) is 13.2 Å². The van der Waals surface area contributed by atoms with Crippen LogP contribution < -0.4 is 29.0 Å². The molecule has 0 saturated heterocycles. The molecule has 0 atom stereocenters. The van der Waals surface area contributed by atoms with Crippen molar-refractivity contribution in [2.24, 2.45) is 0 Å². The Morgan fingerprint density at radius 2 is 1.14 bits per heavy atom. The first kappa shape index (κ1) is 15.8. The predicted molar refractivity (Wildman–Crippen MR) is 6.44 cm³/mol. The molecule has 0 aliphatic carbocycles. The van der Waals surface area contributed by atoms with Crippen molar-refractivity contribution in [2.45, 2.75) is 0 Å². The third-order valence-corrected chi connectivity index (χ3v) is 0. The molecule has 0 rings (SSSR count). The molecule has 0 heterocycles. The van der Waals surface area contributed by atoms with Crippen LogP contribution >= 0.6 is 0 Å². The Labute approximate surface area is 68.7 Å². The van der Waals surface area contributed by atoms with Crippen LogP contribution in [0.15, 0.2) is 0 Å². The number of rotatable bonds is 0. The quantitative estimate of drug-likeness (QED) is 0.399. The predicted octanol–water partition coefficient (Wildman–Crippen LogP) is -7.07. The van der Waals surface area contributed by atoms with Crippen LogP contribution in [0.3, 0.4) is 0 Å². The molecule has 4 nitrogen and oxygen atoms in total. The molecule has 0 N–H and O–H groups in total. The summed E-state index contributed by atoms with van der Waals surface area (Å²) in [6.07, 6.45) is 0.